The van der Waals surface area contributed by atoms with E-state index in [0.29, 0.717) is 41.2 Å². The van der Waals surface area contributed by atoms with Crippen LogP contribution in [0.15, 0.2) is 35.5 Å². The Morgan fingerprint density at radius 1 is 1.27 bits per heavy atom. The van der Waals surface area contributed by atoms with E-state index in [1.165, 1.54) is 6.07 Å². The van der Waals surface area contributed by atoms with Crippen molar-refractivity contribution in [1.82, 2.24) is 20.5 Å². The van der Waals surface area contributed by atoms with Gasteiger partial charge in [-0.2, -0.15) is 4.39 Å². The van der Waals surface area contributed by atoms with Gasteiger partial charge in [0.1, 0.15) is 11.7 Å². The minimum absolute atomic E-state index is 0.0126. The first-order valence-electron chi connectivity index (χ1n) is 12.9. The standard InChI is InChI=1S/C26H28ClF3N4O5S/c1-40(38,39)20(28)11-15(9-14-7-8-31-23(14)35)32-24(36)22-17-6-5-16(12-26(17,29)30)34(22)25(37)19-10-13-3-2-4-18(27)21(13)33-19/h2-4,10-11,14-17,22,33H,5-9,12H2,1H3,(H,31,35)(H,32,36)/b20-11+/t14-,15+,16-,17-,22+/m1/s1. The van der Waals surface area contributed by atoms with Crippen molar-refractivity contribution < 1.29 is 36.0 Å². The number of hydrogen-bond acceptors (Lipinski definition) is 5. The molecule has 1 aromatic heterocycles. The lowest BCUT2D eigenvalue weighted by atomic mass is 9.71. The van der Waals surface area contributed by atoms with Gasteiger partial charge in [0, 0.05) is 36.6 Å². The fourth-order valence-electron chi connectivity index (χ4n) is 6.07. The smallest absolute Gasteiger partial charge is 0.271 e. The Kier molecular flexibility index (Phi) is 7.40. The zero-order chi connectivity index (χ0) is 29.0. The lowest BCUT2D eigenvalue weighted by Crippen LogP contribution is -2.68. The normalized spacial score (nSPS) is 27.1. The Morgan fingerprint density at radius 2 is 2.02 bits per heavy atom. The first-order chi connectivity index (χ1) is 18.8. The highest BCUT2D eigenvalue weighted by Crippen LogP contribution is 2.49. The first-order valence-corrected chi connectivity index (χ1v) is 15.2. The van der Waals surface area contributed by atoms with Crippen LogP contribution in [0.1, 0.15) is 42.6 Å². The summed E-state index contributed by atoms with van der Waals surface area (Å²) in [6.07, 6.45) is 1.19. The SMILES string of the molecule is CS(=O)(=O)/C(F)=C/[C@H](C[C@H]1CCNC1=O)NC(=O)[C@@H]1[C@H]2CC[C@H](CC2(F)F)N1C(=O)c1cc2cccc(Cl)c2[nH]1. The molecular formula is C26H28ClF3N4O5S. The molecule has 0 spiro atoms. The Hall–Kier alpha value is -3.06. The number of nitrogens with one attached hydrogen (secondary N) is 3. The number of halogens is 4. The summed E-state index contributed by atoms with van der Waals surface area (Å²) < 4.78 is 68.2. The molecule has 3 aliphatic heterocycles. The molecule has 3 saturated heterocycles. The van der Waals surface area contributed by atoms with E-state index in [4.69, 9.17) is 11.6 Å². The van der Waals surface area contributed by atoms with Crippen molar-refractivity contribution in [2.24, 2.45) is 11.8 Å². The van der Waals surface area contributed by atoms with E-state index >= 15 is 8.78 Å². The van der Waals surface area contributed by atoms with E-state index in [1.807, 2.05) is 0 Å². The lowest BCUT2D eigenvalue weighted by Gasteiger charge is -2.53. The third kappa shape index (κ3) is 5.32. The van der Waals surface area contributed by atoms with Crippen LogP contribution in [0.5, 0.6) is 0 Å². The van der Waals surface area contributed by atoms with Gasteiger partial charge in [-0.1, -0.05) is 23.7 Å². The third-order valence-electron chi connectivity index (χ3n) is 7.99. The van der Waals surface area contributed by atoms with Crippen molar-refractivity contribution in [2.45, 2.75) is 56.2 Å². The number of benzene rings is 1. The number of aromatic amines is 1. The van der Waals surface area contributed by atoms with E-state index in [0.717, 1.165) is 4.90 Å². The molecule has 40 heavy (non-hydrogen) atoms. The van der Waals surface area contributed by atoms with E-state index in [-0.39, 0.29) is 30.9 Å². The molecule has 3 N–H and O–H groups in total. The number of nitrogens with zero attached hydrogens (tertiary/aromatic N) is 1. The van der Waals surface area contributed by atoms with Gasteiger partial charge in [0.2, 0.25) is 26.8 Å². The quantitative estimate of drug-likeness (QED) is 0.449. The largest absolute Gasteiger partial charge is 0.356 e. The predicted molar refractivity (Wildman–Crippen MR) is 141 cm³/mol. The van der Waals surface area contributed by atoms with Gasteiger partial charge in [0.25, 0.3) is 11.8 Å². The van der Waals surface area contributed by atoms with E-state index in [9.17, 15) is 27.2 Å². The van der Waals surface area contributed by atoms with Crippen LogP contribution in [0, 0.1) is 11.8 Å². The highest BCUT2D eigenvalue weighted by atomic mass is 35.5. The number of H-pyrrole nitrogens is 1. The number of amides is 3. The van der Waals surface area contributed by atoms with Gasteiger partial charge in [-0.3, -0.25) is 14.4 Å². The number of fused-ring (bicyclic) bond motifs is 4. The number of sulfone groups is 1. The monoisotopic (exact) mass is 600 g/mol. The molecule has 5 atom stereocenters. The molecule has 3 amide bonds. The molecule has 4 fully saturated rings. The number of piperidine rings is 2. The summed E-state index contributed by atoms with van der Waals surface area (Å²) in [7, 11) is -4.27. The zero-order valence-corrected chi connectivity index (χ0v) is 23.0. The second kappa shape index (κ2) is 10.4. The number of alkyl halides is 2. The molecule has 4 aliphatic rings. The summed E-state index contributed by atoms with van der Waals surface area (Å²) >= 11 is 6.22. The van der Waals surface area contributed by atoms with Crippen molar-refractivity contribution in [3.8, 4) is 0 Å². The molecule has 6 rings (SSSR count). The third-order valence-corrected chi connectivity index (χ3v) is 9.15. The van der Waals surface area contributed by atoms with E-state index < -0.39 is 69.1 Å². The van der Waals surface area contributed by atoms with Gasteiger partial charge in [-0.25, -0.2) is 17.2 Å². The molecule has 216 valence electrons. The fourth-order valence-corrected chi connectivity index (χ4v) is 6.71. The minimum Gasteiger partial charge on any atom is -0.356 e. The van der Waals surface area contributed by atoms with Crippen LogP contribution < -0.4 is 10.6 Å². The number of aromatic nitrogens is 1. The number of hydrogen-bond donors (Lipinski definition) is 3. The fraction of sp³-hybridized carbons (Fsp3) is 0.500. The van der Waals surface area contributed by atoms with E-state index in [2.05, 4.69) is 15.6 Å². The Labute approximate surface area is 233 Å². The molecule has 1 aliphatic carbocycles. The van der Waals surface area contributed by atoms with Gasteiger partial charge in [0.15, 0.2) is 0 Å². The summed E-state index contributed by atoms with van der Waals surface area (Å²) in [5.41, 5.74) is 0.552. The average molecular weight is 601 g/mol. The number of para-hydroxylation sites is 1. The minimum atomic E-state index is -4.27. The molecule has 0 radical (unpaired) electrons. The summed E-state index contributed by atoms with van der Waals surface area (Å²) in [5.74, 6) is -7.37. The Bertz CT molecular complexity index is 1510. The molecule has 14 heteroatoms. The molecule has 2 bridgehead atoms. The summed E-state index contributed by atoms with van der Waals surface area (Å²) in [5, 5.41) is 4.55. The predicted octanol–water partition coefficient (Wildman–Crippen LogP) is 3.32. The summed E-state index contributed by atoms with van der Waals surface area (Å²) in [6, 6.07) is 2.74. The maximum absolute atomic E-state index is 15.1. The lowest BCUT2D eigenvalue weighted by molar-refractivity contribution is -0.179. The van der Waals surface area contributed by atoms with Crippen molar-refractivity contribution >= 4 is 50.1 Å². The van der Waals surface area contributed by atoms with Crippen molar-refractivity contribution in [1.29, 1.82) is 0 Å². The maximum atomic E-state index is 15.1. The van der Waals surface area contributed by atoms with Crippen LogP contribution in [0.2, 0.25) is 5.02 Å². The van der Waals surface area contributed by atoms with Gasteiger partial charge in [-0.05, 0) is 43.9 Å². The van der Waals surface area contributed by atoms with Gasteiger partial charge in [-0.15, -0.1) is 0 Å². The molecular weight excluding hydrogens is 573 g/mol. The Morgan fingerprint density at radius 3 is 2.65 bits per heavy atom. The second-order valence-corrected chi connectivity index (χ2v) is 13.1. The van der Waals surface area contributed by atoms with Gasteiger partial charge >= 0.3 is 0 Å². The van der Waals surface area contributed by atoms with Crippen LogP contribution >= 0.6 is 11.6 Å². The first kappa shape index (κ1) is 28.5. The van der Waals surface area contributed by atoms with Crippen molar-refractivity contribution in [3.63, 3.8) is 0 Å². The van der Waals surface area contributed by atoms with Crippen LogP contribution in [-0.4, -0.2) is 72.9 Å². The highest BCUT2D eigenvalue weighted by molar-refractivity contribution is 7.94. The number of carbonyl (C=O) groups is 3. The zero-order valence-electron chi connectivity index (χ0n) is 21.4. The van der Waals surface area contributed by atoms with Crippen LogP contribution in [0.25, 0.3) is 10.9 Å². The molecule has 4 heterocycles. The van der Waals surface area contributed by atoms with E-state index in [1.54, 1.807) is 18.2 Å². The Balaban J connectivity index is 1.48. The molecule has 1 saturated carbocycles. The van der Waals surface area contributed by atoms with Crippen molar-refractivity contribution in [2.75, 3.05) is 12.8 Å². The van der Waals surface area contributed by atoms with Crippen LogP contribution in [0.3, 0.4) is 0 Å². The molecule has 0 unspecified atom stereocenters. The van der Waals surface area contributed by atoms with Crippen LogP contribution in [-0.2, 0) is 19.4 Å². The average Bonchev–Trinajstić information content (AvgIpc) is 3.49. The van der Waals surface area contributed by atoms with Crippen LogP contribution in [0.4, 0.5) is 13.2 Å². The highest BCUT2D eigenvalue weighted by Gasteiger charge is 2.60. The summed E-state index contributed by atoms with van der Waals surface area (Å²) in [6.45, 7) is 0.359. The molecule has 1 aromatic carbocycles. The maximum Gasteiger partial charge on any atom is 0.271 e. The van der Waals surface area contributed by atoms with Gasteiger partial charge in [0.05, 0.1) is 22.5 Å². The number of carbonyl (C=O) groups excluding carboxylic acids is 3. The topological polar surface area (TPSA) is 128 Å². The van der Waals surface area contributed by atoms with Gasteiger partial charge < -0.3 is 20.5 Å². The number of rotatable bonds is 7. The van der Waals surface area contributed by atoms with Crippen molar-refractivity contribution in [3.05, 3.63) is 46.2 Å². The second-order valence-electron chi connectivity index (χ2n) is 10.7. The summed E-state index contributed by atoms with van der Waals surface area (Å²) in [4.78, 5) is 43.6. The molecule has 9 nitrogen and oxygen atoms in total. The molecule has 2 aromatic rings.